The molecule has 1 aliphatic heterocycles. The van der Waals surface area contributed by atoms with Gasteiger partial charge in [-0.3, -0.25) is 14.6 Å². The number of likely N-dealkylation sites (tertiary alicyclic amines) is 1. The van der Waals surface area contributed by atoms with Gasteiger partial charge >= 0.3 is 0 Å². The molecule has 1 saturated heterocycles. The van der Waals surface area contributed by atoms with Gasteiger partial charge in [0.2, 0.25) is 0 Å². The van der Waals surface area contributed by atoms with Crippen LogP contribution >= 0.6 is 0 Å². The first-order valence-corrected chi connectivity index (χ1v) is 10.8. The first kappa shape index (κ1) is 21.1. The molecule has 31 heavy (non-hydrogen) atoms. The summed E-state index contributed by atoms with van der Waals surface area (Å²) in [5, 5.41) is 0.603. The van der Waals surface area contributed by atoms with Gasteiger partial charge in [0, 0.05) is 30.9 Å². The van der Waals surface area contributed by atoms with Crippen molar-refractivity contribution in [2.24, 2.45) is 0 Å². The van der Waals surface area contributed by atoms with Crippen LogP contribution in [-0.2, 0) is 10.2 Å². The monoisotopic (exact) mass is 419 g/mol. The molecule has 4 rings (SSSR count). The third kappa shape index (κ3) is 4.79. The predicted molar refractivity (Wildman–Crippen MR) is 122 cm³/mol. The van der Waals surface area contributed by atoms with E-state index in [-0.39, 0.29) is 29.4 Å². The van der Waals surface area contributed by atoms with Crippen LogP contribution in [0, 0.1) is 0 Å². The van der Waals surface area contributed by atoms with E-state index in [2.05, 4.69) is 30.7 Å². The molecule has 6 heteroatoms. The quantitative estimate of drug-likeness (QED) is 0.693. The van der Waals surface area contributed by atoms with Gasteiger partial charge in [0.25, 0.3) is 11.5 Å². The predicted octanol–water partition coefficient (Wildman–Crippen LogP) is 4.01. The van der Waals surface area contributed by atoms with Crippen molar-refractivity contribution in [1.29, 1.82) is 0 Å². The van der Waals surface area contributed by atoms with E-state index in [9.17, 15) is 9.59 Å². The van der Waals surface area contributed by atoms with Crippen molar-refractivity contribution in [3.8, 4) is 5.75 Å². The number of nitrogens with one attached hydrogen (secondary N) is 1. The number of ether oxygens (including phenoxy) is 1. The standard InChI is InChI=1S/C25H29N3O3/c1-25(2,3)18-6-8-19(9-7-18)31-16-23(29)28-13-10-17(11-14-28)21-15-22-20(24(30)27-21)5-4-12-26-22/h4-9,12,15,17H,10-11,13-14,16H2,1-3H3,(H,27,30). The Morgan fingerprint density at radius 2 is 1.87 bits per heavy atom. The lowest BCUT2D eigenvalue weighted by molar-refractivity contribution is -0.134. The van der Waals surface area contributed by atoms with Crippen molar-refractivity contribution in [2.45, 2.75) is 44.9 Å². The summed E-state index contributed by atoms with van der Waals surface area (Å²) >= 11 is 0. The number of nitrogens with zero attached hydrogens (tertiary/aromatic N) is 2. The maximum atomic E-state index is 12.6. The molecule has 2 aromatic heterocycles. The minimum absolute atomic E-state index is 0.00739. The minimum Gasteiger partial charge on any atom is -0.484 e. The molecule has 6 nitrogen and oxygen atoms in total. The summed E-state index contributed by atoms with van der Waals surface area (Å²) in [5.74, 6) is 0.915. The SMILES string of the molecule is CC(C)(C)c1ccc(OCC(=O)N2CCC(c3cc4ncccc4c(=O)[nH]3)CC2)cc1. The topological polar surface area (TPSA) is 75.3 Å². The number of piperidine rings is 1. The molecule has 1 fully saturated rings. The molecule has 0 unspecified atom stereocenters. The number of carbonyl (C=O) groups excluding carboxylic acids is 1. The number of carbonyl (C=O) groups is 1. The Morgan fingerprint density at radius 1 is 1.16 bits per heavy atom. The highest BCUT2D eigenvalue weighted by Crippen LogP contribution is 2.28. The van der Waals surface area contributed by atoms with Gasteiger partial charge in [-0.25, -0.2) is 0 Å². The maximum absolute atomic E-state index is 12.6. The molecule has 1 amide bonds. The average Bonchev–Trinajstić information content (AvgIpc) is 2.77. The number of rotatable bonds is 4. The van der Waals surface area contributed by atoms with Gasteiger partial charge in [0.15, 0.2) is 6.61 Å². The van der Waals surface area contributed by atoms with Gasteiger partial charge < -0.3 is 14.6 Å². The minimum atomic E-state index is -0.106. The Bertz CT molecular complexity index is 1120. The van der Waals surface area contributed by atoms with Crippen molar-refractivity contribution in [3.63, 3.8) is 0 Å². The molecule has 3 heterocycles. The maximum Gasteiger partial charge on any atom is 0.260 e. The van der Waals surface area contributed by atoms with Crippen LogP contribution in [0.15, 0.2) is 53.5 Å². The lowest BCUT2D eigenvalue weighted by Gasteiger charge is -2.32. The molecule has 3 aromatic rings. The van der Waals surface area contributed by atoms with Crippen LogP contribution in [0.1, 0.15) is 50.8 Å². The number of aromatic amines is 1. The molecule has 0 bridgehead atoms. The zero-order chi connectivity index (χ0) is 22.0. The number of fused-ring (bicyclic) bond motifs is 1. The fraction of sp³-hybridized carbons (Fsp3) is 0.400. The van der Waals surface area contributed by atoms with Crippen molar-refractivity contribution in [2.75, 3.05) is 19.7 Å². The van der Waals surface area contributed by atoms with E-state index in [0.29, 0.717) is 29.7 Å². The van der Waals surface area contributed by atoms with E-state index in [1.807, 2.05) is 35.2 Å². The summed E-state index contributed by atoms with van der Waals surface area (Å²) in [6, 6.07) is 13.4. The normalized spacial score (nSPS) is 15.3. The van der Waals surface area contributed by atoms with E-state index >= 15 is 0 Å². The summed E-state index contributed by atoms with van der Waals surface area (Å²) in [7, 11) is 0. The summed E-state index contributed by atoms with van der Waals surface area (Å²) < 4.78 is 5.72. The number of amides is 1. The van der Waals surface area contributed by atoms with E-state index < -0.39 is 0 Å². The van der Waals surface area contributed by atoms with Crippen molar-refractivity contribution in [3.05, 3.63) is 70.3 Å². The Kier molecular flexibility index (Phi) is 5.81. The molecule has 0 atom stereocenters. The number of hydrogen-bond donors (Lipinski definition) is 1. The largest absolute Gasteiger partial charge is 0.484 e. The van der Waals surface area contributed by atoms with Gasteiger partial charge in [-0.05, 0) is 54.2 Å². The summed E-state index contributed by atoms with van der Waals surface area (Å²) in [5.41, 5.74) is 2.83. The number of aromatic nitrogens is 2. The molecule has 162 valence electrons. The number of pyridine rings is 2. The van der Waals surface area contributed by atoms with Gasteiger partial charge in [0.1, 0.15) is 5.75 Å². The van der Waals surface area contributed by atoms with Crippen LogP contribution in [0.25, 0.3) is 10.9 Å². The Morgan fingerprint density at radius 3 is 2.55 bits per heavy atom. The van der Waals surface area contributed by atoms with Gasteiger partial charge in [-0.2, -0.15) is 0 Å². The molecule has 0 radical (unpaired) electrons. The second kappa shape index (κ2) is 8.53. The molecule has 0 spiro atoms. The summed E-state index contributed by atoms with van der Waals surface area (Å²) in [6.45, 7) is 7.84. The second-order valence-corrected chi connectivity index (χ2v) is 9.21. The molecule has 1 N–H and O–H groups in total. The highest BCUT2D eigenvalue weighted by atomic mass is 16.5. The molecule has 0 aliphatic carbocycles. The first-order chi connectivity index (χ1) is 14.8. The molecule has 1 aromatic carbocycles. The second-order valence-electron chi connectivity index (χ2n) is 9.21. The Balaban J connectivity index is 1.32. The van der Waals surface area contributed by atoms with Gasteiger partial charge in [-0.1, -0.05) is 32.9 Å². The van der Waals surface area contributed by atoms with Crippen molar-refractivity contribution < 1.29 is 9.53 Å². The molecule has 1 aliphatic rings. The average molecular weight is 420 g/mol. The van der Waals surface area contributed by atoms with Crippen LogP contribution in [0.4, 0.5) is 0 Å². The van der Waals surface area contributed by atoms with E-state index in [1.54, 1.807) is 18.3 Å². The fourth-order valence-corrected chi connectivity index (χ4v) is 4.05. The lowest BCUT2D eigenvalue weighted by Crippen LogP contribution is -2.40. The van der Waals surface area contributed by atoms with E-state index in [0.717, 1.165) is 18.5 Å². The third-order valence-corrected chi connectivity index (χ3v) is 6.00. The van der Waals surface area contributed by atoms with Crippen molar-refractivity contribution in [1.82, 2.24) is 14.9 Å². The number of benzene rings is 1. The van der Waals surface area contributed by atoms with Gasteiger partial charge in [-0.15, -0.1) is 0 Å². The fourth-order valence-electron chi connectivity index (χ4n) is 4.05. The van der Waals surface area contributed by atoms with Crippen LogP contribution in [0.3, 0.4) is 0 Å². The lowest BCUT2D eigenvalue weighted by atomic mass is 9.87. The zero-order valence-corrected chi connectivity index (χ0v) is 18.4. The highest BCUT2D eigenvalue weighted by molar-refractivity contribution is 5.78. The van der Waals surface area contributed by atoms with E-state index in [4.69, 9.17) is 4.74 Å². The first-order valence-electron chi connectivity index (χ1n) is 10.8. The van der Waals surface area contributed by atoms with Gasteiger partial charge in [0.05, 0.1) is 10.9 Å². The molecular formula is C25H29N3O3. The number of H-pyrrole nitrogens is 1. The molecular weight excluding hydrogens is 390 g/mol. The van der Waals surface area contributed by atoms with E-state index in [1.165, 1.54) is 5.56 Å². The Labute approximate surface area is 182 Å². The van der Waals surface area contributed by atoms with Crippen LogP contribution in [-0.4, -0.2) is 40.5 Å². The third-order valence-electron chi connectivity index (χ3n) is 6.00. The van der Waals surface area contributed by atoms with Crippen LogP contribution in [0.5, 0.6) is 5.75 Å². The highest BCUT2D eigenvalue weighted by Gasteiger charge is 2.25. The summed E-state index contributed by atoms with van der Waals surface area (Å²) in [4.78, 5) is 34.1. The molecule has 0 saturated carbocycles. The van der Waals surface area contributed by atoms with Crippen molar-refractivity contribution >= 4 is 16.8 Å². The smallest absolute Gasteiger partial charge is 0.260 e. The van der Waals surface area contributed by atoms with Crippen LogP contribution in [0.2, 0.25) is 0 Å². The number of hydrogen-bond acceptors (Lipinski definition) is 4. The summed E-state index contributed by atoms with van der Waals surface area (Å²) in [6.07, 6.45) is 3.31. The van der Waals surface area contributed by atoms with Crippen LogP contribution < -0.4 is 10.3 Å². The zero-order valence-electron chi connectivity index (χ0n) is 18.4. The Hall–Kier alpha value is -3.15.